The van der Waals surface area contributed by atoms with Crippen molar-refractivity contribution in [2.24, 2.45) is 11.8 Å². The van der Waals surface area contributed by atoms with Crippen molar-refractivity contribution in [1.82, 2.24) is 4.90 Å². The molecule has 2 nitrogen and oxygen atoms in total. The van der Waals surface area contributed by atoms with Crippen molar-refractivity contribution in [2.75, 3.05) is 18.8 Å². The summed E-state index contributed by atoms with van der Waals surface area (Å²) in [6, 6.07) is 5.30. The molecule has 2 rings (SSSR count). The van der Waals surface area contributed by atoms with Crippen molar-refractivity contribution in [3.63, 3.8) is 0 Å². The quantitative estimate of drug-likeness (QED) is 0.844. The second-order valence-electron chi connectivity index (χ2n) is 6.03. The summed E-state index contributed by atoms with van der Waals surface area (Å²) in [7, 11) is 0. The Morgan fingerprint density at radius 2 is 2.11 bits per heavy atom. The van der Waals surface area contributed by atoms with Gasteiger partial charge in [0.2, 0.25) is 0 Å². The predicted molar refractivity (Wildman–Crippen MR) is 78.3 cm³/mol. The third kappa shape index (κ3) is 3.69. The standard InChI is InChI=1S/C16H25FN2/c1-12(2)13-6-4-9-19(10-8-13)11-14-5-3-7-15(18)16(14)17/h3,5,7,12-13H,4,6,8-11,18H2,1-2H3. The van der Waals surface area contributed by atoms with Crippen LogP contribution >= 0.6 is 0 Å². The highest BCUT2D eigenvalue weighted by Crippen LogP contribution is 2.26. The Kier molecular flexibility index (Phi) is 4.81. The maximum atomic E-state index is 13.9. The van der Waals surface area contributed by atoms with Gasteiger partial charge >= 0.3 is 0 Å². The van der Waals surface area contributed by atoms with Crippen molar-refractivity contribution in [2.45, 2.75) is 39.7 Å². The number of halogens is 1. The lowest BCUT2D eigenvalue weighted by Crippen LogP contribution is -2.25. The molecule has 0 radical (unpaired) electrons. The van der Waals surface area contributed by atoms with Crippen molar-refractivity contribution in [1.29, 1.82) is 0 Å². The molecule has 3 heteroatoms. The maximum absolute atomic E-state index is 13.9. The third-order valence-electron chi connectivity index (χ3n) is 4.31. The number of hydrogen-bond donors (Lipinski definition) is 1. The van der Waals surface area contributed by atoms with Crippen molar-refractivity contribution in [3.8, 4) is 0 Å². The van der Waals surface area contributed by atoms with E-state index in [0.29, 0.717) is 6.54 Å². The number of anilines is 1. The van der Waals surface area contributed by atoms with Crippen LogP contribution in [0.1, 0.15) is 38.7 Å². The van der Waals surface area contributed by atoms with E-state index in [1.165, 1.54) is 19.3 Å². The summed E-state index contributed by atoms with van der Waals surface area (Å²) in [5, 5.41) is 0. The second kappa shape index (κ2) is 6.38. The first-order valence-electron chi connectivity index (χ1n) is 7.33. The SMILES string of the molecule is CC(C)C1CCCN(Cc2cccc(N)c2F)CC1. The number of likely N-dealkylation sites (tertiary alicyclic amines) is 1. The fourth-order valence-corrected chi connectivity index (χ4v) is 2.97. The Balaban J connectivity index is 1.98. The highest BCUT2D eigenvalue weighted by atomic mass is 19.1. The van der Waals surface area contributed by atoms with Crippen LogP contribution in [0.3, 0.4) is 0 Å². The van der Waals surface area contributed by atoms with E-state index in [9.17, 15) is 4.39 Å². The lowest BCUT2D eigenvalue weighted by molar-refractivity contribution is 0.261. The van der Waals surface area contributed by atoms with E-state index >= 15 is 0 Å². The number of benzene rings is 1. The molecule has 1 atom stereocenters. The Morgan fingerprint density at radius 1 is 1.32 bits per heavy atom. The molecule has 1 heterocycles. The van der Waals surface area contributed by atoms with Crippen LogP contribution in [0.15, 0.2) is 18.2 Å². The van der Waals surface area contributed by atoms with Crippen LogP contribution in [0, 0.1) is 17.7 Å². The molecule has 1 unspecified atom stereocenters. The summed E-state index contributed by atoms with van der Waals surface area (Å²) >= 11 is 0. The van der Waals surface area contributed by atoms with Crippen LogP contribution in [0.25, 0.3) is 0 Å². The number of hydrogen-bond acceptors (Lipinski definition) is 2. The number of nitrogen functional groups attached to an aromatic ring is 1. The first-order valence-corrected chi connectivity index (χ1v) is 7.33. The zero-order valence-corrected chi connectivity index (χ0v) is 12.0. The van der Waals surface area contributed by atoms with Gasteiger partial charge in [-0.3, -0.25) is 4.90 Å². The van der Waals surface area contributed by atoms with E-state index in [4.69, 9.17) is 5.73 Å². The number of rotatable bonds is 3. The summed E-state index contributed by atoms with van der Waals surface area (Å²) in [4.78, 5) is 2.36. The van der Waals surface area contributed by atoms with Gasteiger partial charge in [0.15, 0.2) is 5.82 Å². The smallest absolute Gasteiger partial charge is 0.150 e. The molecule has 1 aromatic carbocycles. The second-order valence-corrected chi connectivity index (χ2v) is 6.03. The Labute approximate surface area is 115 Å². The summed E-state index contributed by atoms with van der Waals surface area (Å²) in [6.07, 6.45) is 3.74. The highest BCUT2D eigenvalue weighted by Gasteiger charge is 2.20. The third-order valence-corrected chi connectivity index (χ3v) is 4.31. The summed E-state index contributed by atoms with van der Waals surface area (Å²) in [5.74, 6) is 1.33. The van der Waals surface area contributed by atoms with Gasteiger partial charge in [-0.25, -0.2) is 4.39 Å². The average Bonchev–Trinajstić information content (AvgIpc) is 2.60. The lowest BCUT2D eigenvalue weighted by atomic mass is 9.89. The van der Waals surface area contributed by atoms with Gasteiger partial charge in [-0.15, -0.1) is 0 Å². The highest BCUT2D eigenvalue weighted by molar-refractivity contribution is 5.42. The van der Waals surface area contributed by atoms with Gasteiger partial charge in [-0.2, -0.15) is 0 Å². The van der Waals surface area contributed by atoms with E-state index in [-0.39, 0.29) is 11.5 Å². The normalized spacial score (nSPS) is 21.6. The Morgan fingerprint density at radius 3 is 2.84 bits per heavy atom. The van der Waals surface area contributed by atoms with Gasteiger partial charge in [0.25, 0.3) is 0 Å². The van der Waals surface area contributed by atoms with Crippen LogP contribution in [0.5, 0.6) is 0 Å². The molecule has 0 bridgehead atoms. The molecule has 0 saturated carbocycles. The topological polar surface area (TPSA) is 29.3 Å². The minimum atomic E-state index is -0.243. The van der Waals surface area contributed by atoms with Crippen molar-refractivity contribution < 1.29 is 4.39 Å². The molecule has 1 aliphatic rings. The fourth-order valence-electron chi connectivity index (χ4n) is 2.97. The summed E-state index contributed by atoms with van der Waals surface area (Å²) < 4.78 is 13.9. The van der Waals surface area contributed by atoms with E-state index in [1.807, 2.05) is 12.1 Å². The van der Waals surface area contributed by atoms with Crippen LogP contribution in [0.2, 0.25) is 0 Å². The maximum Gasteiger partial charge on any atom is 0.150 e. The molecule has 1 saturated heterocycles. The van der Waals surface area contributed by atoms with E-state index in [2.05, 4.69) is 18.7 Å². The molecule has 106 valence electrons. The lowest BCUT2D eigenvalue weighted by Gasteiger charge is -2.21. The Bertz CT molecular complexity index is 417. The van der Waals surface area contributed by atoms with Gasteiger partial charge in [0.05, 0.1) is 5.69 Å². The Hall–Kier alpha value is -1.09. The van der Waals surface area contributed by atoms with Crippen molar-refractivity contribution >= 4 is 5.69 Å². The zero-order chi connectivity index (χ0) is 13.8. The summed E-state index contributed by atoms with van der Waals surface area (Å²) in [5.41, 5.74) is 6.61. The minimum Gasteiger partial charge on any atom is -0.396 e. The predicted octanol–water partition coefficient (Wildman–Crippen LogP) is 3.67. The van der Waals surface area contributed by atoms with Gasteiger partial charge in [-0.05, 0) is 50.3 Å². The molecule has 0 aromatic heterocycles. The first-order chi connectivity index (χ1) is 9.08. The average molecular weight is 264 g/mol. The zero-order valence-electron chi connectivity index (χ0n) is 12.0. The van der Waals surface area contributed by atoms with E-state index < -0.39 is 0 Å². The molecule has 0 amide bonds. The van der Waals surface area contributed by atoms with Gasteiger partial charge in [0, 0.05) is 12.1 Å². The molecule has 0 aliphatic carbocycles. The van der Waals surface area contributed by atoms with Crippen molar-refractivity contribution in [3.05, 3.63) is 29.6 Å². The molecule has 1 fully saturated rings. The van der Waals surface area contributed by atoms with Gasteiger partial charge in [0.1, 0.15) is 0 Å². The fraction of sp³-hybridized carbons (Fsp3) is 0.625. The largest absolute Gasteiger partial charge is 0.396 e. The number of nitrogens with zero attached hydrogens (tertiary/aromatic N) is 1. The summed E-state index contributed by atoms with van der Waals surface area (Å²) in [6.45, 7) is 7.42. The molecule has 1 aliphatic heterocycles. The molecule has 0 spiro atoms. The monoisotopic (exact) mass is 264 g/mol. The minimum absolute atomic E-state index is 0.243. The molecule has 2 N–H and O–H groups in total. The van der Waals surface area contributed by atoms with Gasteiger partial charge in [-0.1, -0.05) is 26.0 Å². The van der Waals surface area contributed by atoms with Crippen LogP contribution < -0.4 is 5.73 Å². The van der Waals surface area contributed by atoms with E-state index in [0.717, 1.165) is 30.5 Å². The van der Waals surface area contributed by atoms with Crippen LogP contribution in [0.4, 0.5) is 10.1 Å². The first kappa shape index (κ1) is 14.3. The molecule has 1 aromatic rings. The molecular formula is C16H25FN2. The van der Waals surface area contributed by atoms with Crippen LogP contribution in [-0.4, -0.2) is 18.0 Å². The molecule has 19 heavy (non-hydrogen) atoms. The number of nitrogens with two attached hydrogens (primary N) is 1. The molecular weight excluding hydrogens is 239 g/mol. The van der Waals surface area contributed by atoms with Gasteiger partial charge < -0.3 is 5.73 Å². The van der Waals surface area contributed by atoms with Crippen LogP contribution in [-0.2, 0) is 6.54 Å². The van der Waals surface area contributed by atoms with E-state index in [1.54, 1.807) is 6.07 Å².